The molecule has 286 valence electrons. The van der Waals surface area contributed by atoms with Crippen LogP contribution in [0.5, 0.6) is 0 Å². The van der Waals surface area contributed by atoms with Gasteiger partial charge in [0.05, 0.1) is 22.9 Å². The summed E-state index contributed by atoms with van der Waals surface area (Å²) in [7, 11) is 5.33. The van der Waals surface area contributed by atoms with Crippen molar-refractivity contribution >= 4 is 57.2 Å². The summed E-state index contributed by atoms with van der Waals surface area (Å²) in [4.78, 5) is 71.6. The molecule has 7 heterocycles. The van der Waals surface area contributed by atoms with Crippen LogP contribution in [0.25, 0.3) is 22.1 Å². The van der Waals surface area contributed by atoms with Gasteiger partial charge in [-0.15, -0.1) is 0 Å². The minimum atomic E-state index is -0.686. The number of nitrogens with one attached hydrogen (secondary N) is 2. The molecule has 3 aliphatic heterocycles. The van der Waals surface area contributed by atoms with Crippen LogP contribution in [0.2, 0.25) is 0 Å². The minimum Gasteiger partial charge on any atom is -0.370 e. The fourth-order valence-corrected chi connectivity index (χ4v) is 9.28. The number of imidazole rings is 1. The van der Waals surface area contributed by atoms with E-state index in [0.29, 0.717) is 35.8 Å². The van der Waals surface area contributed by atoms with Crippen molar-refractivity contribution in [3.63, 3.8) is 0 Å². The smallest absolute Gasteiger partial charge is 0.329 e. The Morgan fingerprint density at radius 1 is 0.909 bits per heavy atom. The lowest BCUT2D eigenvalue weighted by molar-refractivity contribution is -0.135. The average molecular weight is 746 g/mol. The van der Waals surface area contributed by atoms with Gasteiger partial charge in [-0.2, -0.15) is 4.98 Å². The molecule has 9 rings (SSSR count). The molecule has 4 fully saturated rings. The molecule has 15 nitrogen and oxygen atoms in total. The molecular formula is C40H47N11O4. The number of benzene rings is 1. The molecule has 1 atom stereocenters. The Morgan fingerprint density at radius 2 is 1.69 bits per heavy atom. The number of amides is 3. The number of aryl methyl sites for hydroxylation is 1. The van der Waals surface area contributed by atoms with Crippen LogP contribution in [0.1, 0.15) is 85.4 Å². The van der Waals surface area contributed by atoms with Gasteiger partial charge in [0.25, 0.3) is 5.91 Å². The van der Waals surface area contributed by atoms with Crippen molar-refractivity contribution in [2.75, 3.05) is 50.5 Å². The van der Waals surface area contributed by atoms with Gasteiger partial charge in [0, 0.05) is 83.3 Å². The summed E-state index contributed by atoms with van der Waals surface area (Å²) in [5, 5.41) is 6.53. The van der Waals surface area contributed by atoms with Crippen LogP contribution in [0, 0.1) is 0 Å². The lowest BCUT2D eigenvalue weighted by atomic mass is 9.87. The first-order valence-corrected chi connectivity index (χ1v) is 19.5. The van der Waals surface area contributed by atoms with E-state index in [1.165, 1.54) is 0 Å². The lowest BCUT2D eigenvalue weighted by Crippen LogP contribution is -2.54. The third kappa shape index (κ3) is 6.23. The van der Waals surface area contributed by atoms with Crippen LogP contribution < -0.4 is 21.2 Å². The number of hydrogen-bond acceptors (Lipinski definition) is 10. The first-order valence-electron chi connectivity index (χ1n) is 19.5. The fourth-order valence-electron chi connectivity index (χ4n) is 9.28. The quantitative estimate of drug-likeness (QED) is 0.222. The highest BCUT2D eigenvalue weighted by molar-refractivity contribution is 6.00. The van der Waals surface area contributed by atoms with Crippen molar-refractivity contribution < 1.29 is 14.4 Å². The number of carbonyl (C=O) groups is 3. The van der Waals surface area contributed by atoms with Crippen LogP contribution in [0.4, 0.5) is 17.5 Å². The van der Waals surface area contributed by atoms with Crippen LogP contribution in [-0.4, -0.2) is 102 Å². The van der Waals surface area contributed by atoms with Crippen LogP contribution in [-0.2, 0) is 16.6 Å². The Morgan fingerprint density at radius 3 is 2.40 bits per heavy atom. The van der Waals surface area contributed by atoms with Gasteiger partial charge in [0.1, 0.15) is 23.2 Å². The van der Waals surface area contributed by atoms with E-state index in [1.54, 1.807) is 41.4 Å². The number of fused-ring (bicyclic) bond motifs is 2. The van der Waals surface area contributed by atoms with Crippen molar-refractivity contribution in [3.8, 4) is 0 Å². The Bertz CT molecular complexity index is 2360. The van der Waals surface area contributed by atoms with E-state index in [1.807, 2.05) is 30.5 Å². The number of nitrogens with zero attached hydrogens (tertiary/aromatic N) is 9. The van der Waals surface area contributed by atoms with Crippen molar-refractivity contribution in [3.05, 3.63) is 70.5 Å². The van der Waals surface area contributed by atoms with Crippen molar-refractivity contribution in [2.24, 2.45) is 7.05 Å². The topological polar surface area (TPSA) is 156 Å². The molecule has 3 amide bonds. The number of carbonyl (C=O) groups excluding carboxylic acids is 3. The van der Waals surface area contributed by atoms with E-state index in [-0.39, 0.29) is 30.0 Å². The monoisotopic (exact) mass is 745 g/mol. The molecular weight excluding hydrogens is 699 g/mol. The standard InChI is InChI=1S/C40H47N11O4/c1-46(2)38(54)32-19-24-20-42-39(45-36(24)50(32)27-7-4-5-8-27)43-33-13-11-28(21-41-33)48-17-15-26(16-18-48)49-22-25(23-49)29-9-6-10-30-35(29)47(3)40(55)51(30)31-12-14-34(52)44-37(31)53/h6,9-11,13,19-21,25-27,31H,4-5,7-8,12,14-18,22-23H2,1-3H3,(H,44,52,53)(H,41,42,43,45)/t31-/m0/s1. The average Bonchev–Trinajstić information content (AvgIpc) is 3.89. The zero-order valence-corrected chi connectivity index (χ0v) is 31.6. The van der Waals surface area contributed by atoms with E-state index in [2.05, 4.69) is 42.1 Å². The second kappa shape index (κ2) is 13.9. The van der Waals surface area contributed by atoms with Crippen LogP contribution in [0.15, 0.2) is 53.6 Å². The summed E-state index contributed by atoms with van der Waals surface area (Å²) in [6.07, 6.45) is 10.7. The molecule has 3 saturated heterocycles. The first-order chi connectivity index (χ1) is 26.6. The summed E-state index contributed by atoms with van der Waals surface area (Å²) in [5.74, 6) is 0.677. The van der Waals surface area contributed by atoms with E-state index in [0.717, 1.165) is 98.0 Å². The highest BCUT2D eigenvalue weighted by atomic mass is 16.2. The highest BCUT2D eigenvalue weighted by Crippen LogP contribution is 2.37. The number of imide groups is 1. The van der Waals surface area contributed by atoms with E-state index >= 15 is 0 Å². The second-order valence-electron chi connectivity index (χ2n) is 15.8. The van der Waals surface area contributed by atoms with Gasteiger partial charge in [-0.05, 0) is 61.9 Å². The molecule has 55 heavy (non-hydrogen) atoms. The molecule has 1 aromatic carbocycles. The maximum atomic E-state index is 13.4. The van der Waals surface area contributed by atoms with Gasteiger partial charge >= 0.3 is 5.69 Å². The van der Waals surface area contributed by atoms with E-state index in [4.69, 9.17) is 9.97 Å². The molecule has 1 aliphatic carbocycles. The highest BCUT2D eigenvalue weighted by Gasteiger charge is 2.38. The Hall–Kier alpha value is -5.57. The summed E-state index contributed by atoms with van der Waals surface area (Å²) < 4.78 is 5.35. The zero-order chi connectivity index (χ0) is 38.0. The summed E-state index contributed by atoms with van der Waals surface area (Å²) in [6.45, 7) is 3.72. The Kier molecular flexibility index (Phi) is 8.90. The van der Waals surface area contributed by atoms with E-state index in [9.17, 15) is 19.2 Å². The first kappa shape index (κ1) is 35.2. The number of piperidine rings is 2. The molecule has 4 aliphatic rings. The number of anilines is 3. The van der Waals surface area contributed by atoms with Gasteiger partial charge in [0.2, 0.25) is 17.8 Å². The summed E-state index contributed by atoms with van der Waals surface area (Å²) in [6, 6.07) is 12.0. The number of para-hydroxylation sites is 1. The maximum Gasteiger partial charge on any atom is 0.329 e. The maximum absolute atomic E-state index is 13.4. The van der Waals surface area contributed by atoms with Crippen LogP contribution in [0.3, 0.4) is 0 Å². The Balaban J connectivity index is 0.828. The number of hydrogen-bond donors (Lipinski definition) is 2. The SMILES string of the molecule is CN(C)C(=O)c1cc2cnc(Nc3ccc(N4CCC(N5CC(c6cccc7c6n(C)c(=O)n7[C@H]6CCC(=O)NC6=O)C5)CC4)cn3)nc2n1C1CCCC1. The molecule has 0 bridgehead atoms. The number of aromatic nitrogens is 6. The third-order valence-electron chi connectivity index (χ3n) is 12.2. The zero-order valence-electron chi connectivity index (χ0n) is 31.6. The predicted molar refractivity (Wildman–Crippen MR) is 209 cm³/mol. The molecule has 0 unspecified atom stereocenters. The van der Waals surface area contributed by atoms with Gasteiger partial charge in [-0.3, -0.25) is 33.7 Å². The molecule has 0 spiro atoms. The summed E-state index contributed by atoms with van der Waals surface area (Å²) >= 11 is 0. The predicted octanol–water partition coefficient (Wildman–Crippen LogP) is 4.09. The molecule has 2 N–H and O–H groups in total. The third-order valence-corrected chi connectivity index (χ3v) is 12.2. The van der Waals surface area contributed by atoms with Gasteiger partial charge in [-0.25, -0.2) is 14.8 Å². The van der Waals surface area contributed by atoms with Crippen LogP contribution >= 0.6 is 0 Å². The van der Waals surface area contributed by atoms with Gasteiger partial charge in [-0.1, -0.05) is 25.0 Å². The van der Waals surface area contributed by atoms with Crippen molar-refractivity contribution in [2.45, 2.75) is 75.4 Å². The molecule has 1 saturated carbocycles. The lowest BCUT2D eigenvalue weighted by Gasteiger charge is -2.47. The van der Waals surface area contributed by atoms with Gasteiger partial charge < -0.3 is 19.7 Å². The number of pyridine rings is 1. The van der Waals surface area contributed by atoms with Crippen molar-refractivity contribution in [1.29, 1.82) is 0 Å². The van der Waals surface area contributed by atoms with Gasteiger partial charge in [0.15, 0.2) is 0 Å². The second-order valence-corrected chi connectivity index (χ2v) is 15.8. The molecule has 4 aromatic heterocycles. The largest absolute Gasteiger partial charge is 0.370 e. The van der Waals surface area contributed by atoms with E-state index < -0.39 is 11.9 Å². The molecule has 15 heteroatoms. The molecule has 5 aromatic rings. The minimum absolute atomic E-state index is 0.0294. The number of likely N-dealkylation sites (tertiary alicyclic amines) is 1. The molecule has 0 radical (unpaired) electrons. The summed E-state index contributed by atoms with van der Waals surface area (Å²) in [5.41, 5.74) is 5.03. The normalized spacial score (nSPS) is 20.3. The number of rotatable bonds is 8. The fraction of sp³-hybridized carbons (Fsp3) is 0.475. The van der Waals surface area contributed by atoms with Crippen molar-refractivity contribution in [1.82, 2.24) is 43.8 Å². The Labute approximate surface area is 318 Å².